The predicted molar refractivity (Wildman–Crippen MR) is 178 cm³/mol. The van der Waals surface area contributed by atoms with Crippen LogP contribution in [0.4, 0.5) is 0 Å². The Morgan fingerprint density at radius 3 is 1.24 bits per heavy atom. The fourth-order valence-corrected chi connectivity index (χ4v) is 18.8. The van der Waals surface area contributed by atoms with Crippen LogP contribution in [0.15, 0.2) is 96.1 Å². The molecule has 0 saturated carbocycles. The molecule has 1 fully saturated rings. The third-order valence-corrected chi connectivity index (χ3v) is 18.5. The van der Waals surface area contributed by atoms with Crippen LogP contribution in [0.5, 0.6) is 11.5 Å². The Morgan fingerprint density at radius 1 is 0.556 bits per heavy atom. The van der Waals surface area contributed by atoms with Crippen LogP contribution in [0.1, 0.15) is 58.4 Å². The SMILES string of the molecule is COc1ccc(-c2cccc3c2C=C(C(C)C)[CH]3[Ti+2]2([CH]3C(C(C)C)=Cc4c(-c5ccc(OC)cc5)cccc43)[CH2][CH2]2)cc1.[Cl-].[Cl-]. The second-order valence-corrected chi connectivity index (χ2v) is 20.5. The van der Waals surface area contributed by atoms with E-state index in [1.54, 1.807) is 36.5 Å². The Bertz CT molecular complexity index is 1620. The van der Waals surface area contributed by atoms with Crippen LogP contribution in [-0.2, 0) is 16.6 Å². The van der Waals surface area contributed by atoms with Crippen molar-refractivity contribution in [2.75, 3.05) is 14.2 Å². The van der Waals surface area contributed by atoms with Gasteiger partial charge in [0.15, 0.2) is 0 Å². The van der Waals surface area contributed by atoms with E-state index in [2.05, 4.69) is 125 Å². The molecule has 0 N–H and O–H groups in total. The molecule has 4 aromatic carbocycles. The van der Waals surface area contributed by atoms with Gasteiger partial charge in [-0.2, -0.15) is 0 Å². The van der Waals surface area contributed by atoms with Crippen molar-refractivity contribution in [1.82, 2.24) is 0 Å². The molecule has 0 radical (unpaired) electrons. The number of rotatable bonds is 8. The summed E-state index contributed by atoms with van der Waals surface area (Å²) in [5.41, 5.74) is 14.7. The number of halogens is 2. The van der Waals surface area contributed by atoms with Gasteiger partial charge in [0.05, 0.1) is 0 Å². The van der Waals surface area contributed by atoms with Gasteiger partial charge in [0, 0.05) is 0 Å². The third-order valence-electron chi connectivity index (χ3n) is 10.3. The molecule has 2 unspecified atom stereocenters. The van der Waals surface area contributed by atoms with Crippen LogP contribution in [0.3, 0.4) is 0 Å². The minimum atomic E-state index is -2.49. The molecule has 7 rings (SSSR count). The Hall–Kier alpha value is -2.75. The van der Waals surface area contributed by atoms with Crippen LogP contribution in [0.2, 0.25) is 9.45 Å². The van der Waals surface area contributed by atoms with E-state index in [9.17, 15) is 0 Å². The van der Waals surface area contributed by atoms with Gasteiger partial charge in [-0.15, -0.1) is 0 Å². The monoisotopic (exact) mass is 672 g/mol. The van der Waals surface area contributed by atoms with Crippen LogP contribution in [0.25, 0.3) is 34.4 Å². The van der Waals surface area contributed by atoms with E-state index < -0.39 is 16.6 Å². The third kappa shape index (κ3) is 5.63. The molecule has 5 heteroatoms. The van der Waals surface area contributed by atoms with Crippen molar-refractivity contribution in [3.63, 3.8) is 0 Å². The molecule has 1 saturated heterocycles. The Morgan fingerprint density at radius 2 is 0.933 bits per heavy atom. The molecular formula is C40H42Cl2O2Ti. The normalized spacial score (nSPS) is 18.0. The standard InChI is InChI=1S/2C19H19O.C2H4.2ClH.Ti/c2*1-13(2)16-11-15-5-4-6-18(19(15)12-16)14-7-9-17(20-3)10-8-14;1-2;;;/h2*4-13H,1-3H3;1-2H2;2*1H;/q;;;;;+2/p-2. The topological polar surface area (TPSA) is 18.5 Å². The van der Waals surface area contributed by atoms with Gasteiger partial charge >= 0.3 is 262 Å². The summed E-state index contributed by atoms with van der Waals surface area (Å²) < 4.78 is 15.0. The summed E-state index contributed by atoms with van der Waals surface area (Å²) in [7, 11) is 3.47. The van der Waals surface area contributed by atoms with Crippen LogP contribution < -0.4 is 34.3 Å². The van der Waals surface area contributed by atoms with Crippen LogP contribution >= 0.6 is 0 Å². The molecule has 45 heavy (non-hydrogen) atoms. The number of benzene rings is 4. The molecule has 1 heterocycles. The van der Waals surface area contributed by atoms with Crippen LogP contribution in [0, 0.1) is 11.8 Å². The molecule has 0 spiro atoms. The smallest absolute Gasteiger partial charge is 1.00 e. The van der Waals surface area contributed by atoms with E-state index in [1.165, 1.54) is 42.8 Å². The first-order valence-electron chi connectivity index (χ1n) is 15.8. The number of fused-ring (bicyclic) bond motifs is 2. The van der Waals surface area contributed by atoms with Gasteiger partial charge in [-0.25, -0.2) is 0 Å². The van der Waals surface area contributed by atoms with Gasteiger partial charge in [0.2, 0.25) is 0 Å². The van der Waals surface area contributed by atoms with E-state index in [1.807, 2.05) is 0 Å². The Kier molecular flexibility index (Phi) is 9.83. The molecule has 2 aliphatic carbocycles. The molecule has 1 aliphatic heterocycles. The second-order valence-electron chi connectivity index (χ2n) is 13.3. The van der Waals surface area contributed by atoms with Gasteiger partial charge in [0.1, 0.15) is 0 Å². The van der Waals surface area contributed by atoms with E-state index in [0.717, 1.165) is 11.5 Å². The molecule has 4 aromatic rings. The zero-order valence-electron chi connectivity index (χ0n) is 27.0. The van der Waals surface area contributed by atoms with Crippen molar-refractivity contribution >= 4 is 12.2 Å². The van der Waals surface area contributed by atoms with Crippen molar-refractivity contribution in [1.29, 1.82) is 0 Å². The second kappa shape index (κ2) is 13.2. The largest absolute Gasteiger partial charge is 1.00 e. The van der Waals surface area contributed by atoms with Crippen LogP contribution in [-0.4, -0.2) is 14.2 Å². The molecule has 3 aliphatic rings. The first kappa shape index (κ1) is 33.6. The predicted octanol–water partition coefficient (Wildman–Crippen LogP) is 4.94. The number of allylic oxidation sites excluding steroid dienone is 2. The summed E-state index contributed by atoms with van der Waals surface area (Å²) in [5, 5.41) is 0. The zero-order chi connectivity index (χ0) is 29.9. The minimum Gasteiger partial charge on any atom is -1.00 e. The minimum absolute atomic E-state index is 0. The van der Waals surface area contributed by atoms with Crippen molar-refractivity contribution in [3.8, 4) is 33.8 Å². The number of hydrogen-bond donors (Lipinski definition) is 0. The summed E-state index contributed by atoms with van der Waals surface area (Å²) in [6.45, 7) is 9.67. The Labute approximate surface area is 285 Å². The number of ether oxygens (including phenoxy) is 2. The fraction of sp³-hybridized carbons (Fsp3) is 0.300. The van der Waals surface area contributed by atoms with Gasteiger partial charge in [-0.3, -0.25) is 0 Å². The summed E-state index contributed by atoms with van der Waals surface area (Å²) in [5.74, 6) is 2.87. The summed E-state index contributed by atoms with van der Waals surface area (Å²) in [6.07, 6.45) is 5.19. The summed E-state index contributed by atoms with van der Waals surface area (Å²) in [4.78, 5) is 0. The molecule has 232 valence electrons. The van der Waals surface area contributed by atoms with Gasteiger partial charge in [-0.05, 0) is 0 Å². The Balaban J connectivity index is 0.00000200. The number of methoxy groups -OCH3 is 2. The molecule has 0 bridgehead atoms. The molecular weight excluding hydrogens is 631 g/mol. The average Bonchev–Trinajstić information content (AvgIpc) is 3.54. The summed E-state index contributed by atoms with van der Waals surface area (Å²) in [6, 6.07) is 31.4. The number of hydrogen-bond acceptors (Lipinski definition) is 2. The molecule has 0 aromatic heterocycles. The summed E-state index contributed by atoms with van der Waals surface area (Å²) >= 11 is -2.49. The maximum atomic E-state index is 5.46. The first-order chi connectivity index (χ1) is 20.9. The van der Waals surface area contributed by atoms with Crippen molar-refractivity contribution in [2.45, 2.75) is 45.6 Å². The maximum Gasteiger partial charge on any atom is -1.00 e. The molecule has 2 atom stereocenters. The molecule has 2 nitrogen and oxygen atoms in total. The van der Waals surface area contributed by atoms with E-state index in [-0.39, 0.29) is 24.8 Å². The van der Waals surface area contributed by atoms with Crippen molar-refractivity contribution in [2.24, 2.45) is 11.8 Å². The fourth-order valence-electron chi connectivity index (χ4n) is 8.07. The zero-order valence-corrected chi connectivity index (χ0v) is 30.1. The first-order valence-corrected chi connectivity index (χ1v) is 19.8. The van der Waals surface area contributed by atoms with E-state index in [0.29, 0.717) is 20.3 Å². The van der Waals surface area contributed by atoms with Crippen molar-refractivity contribution < 1.29 is 50.9 Å². The molecule has 0 amide bonds. The van der Waals surface area contributed by atoms with Gasteiger partial charge in [-0.1, -0.05) is 0 Å². The van der Waals surface area contributed by atoms with E-state index in [4.69, 9.17) is 9.47 Å². The van der Waals surface area contributed by atoms with Gasteiger partial charge < -0.3 is 24.8 Å². The average molecular weight is 674 g/mol. The quantitative estimate of drug-likeness (QED) is 0.247. The van der Waals surface area contributed by atoms with Gasteiger partial charge in [0.25, 0.3) is 0 Å². The van der Waals surface area contributed by atoms with E-state index >= 15 is 0 Å². The maximum absolute atomic E-state index is 5.46. The van der Waals surface area contributed by atoms with Crippen molar-refractivity contribution in [3.05, 3.63) is 118 Å².